The number of anilines is 2. The molecule has 1 saturated carbocycles. The number of nitro benzene ring substituents is 1. The molecule has 0 bridgehead atoms. The van der Waals surface area contributed by atoms with E-state index < -0.39 is 51.7 Å². The first-order valence-corrected chi connectivity index (χ1v) is 15.3. The molecule has 2 aliphatic carbocycles. The van der Waals surface area contributed by atoms with Crippen molar-refractivity contribution in [3.63, 3.8) is 0 Å². The van der Waals surface area contributed by atoms with Crippen LogP contribution in [0.3, 0.4) is 0 Å². The first-order valence-electron chi connectivity index (χ1n) is 15.3. The van der Waals surface area contributed by atoms with Crippen LogP contribution in [0.5, 0.6) is 5.75 Å². The van der Waals surface area contributed by atoms with Gasteiger partial charge in [0, 0.05) is 23.6 Å². The minimum absolute atomic E-state index is 0.00999. The van der Waals surface area contributed by atoms with Crippen molar-refractivity contribution in [1.29, 1.82) is 0 Å². The van der Waals surface area contributed by atoms with Gasteiger partial charge in [-0.3, -0.25) is 34.2 Å². The van der Waals surface area contributed by atoms with E-state index in [1.165, 1.54) is 29.2 Å². The molecule has 2 saturated heterocycles. The fourth-order valence-corrected chi connectivity index (χ4v) is 8.32. The van der Waals surface area contributed by atoms with E-state index in [-0.39, 0.29) is 41.8 Å². The van der Waals surface area contributed by atoms with Crippen molar-refractivity contribution in [2.24, 2.45) is 29.1 Å². The highest BCUT2D eigenvalue weighted by Gasteiger charge is 2.68. The second-order valence-electron chi connectivity index (χ2n) is 12.6. The van der Waals surface area contributed by atoms with E-state index in [0.29, 0.717) is 23.2 Å². The van der Waals surface area contributed by atoms with Gasteiger partial charge in [0.2, 0.25) is 23.6 Å². The highest BCUT2D eigenvalue weighted by molar-refractivity contribution is 6.25. The smallest absolute Gasteiger partial charge is 0.269 e. The fraction of sp³-hybridized carbons (Fsp3) is 0.278. The lowest BCUT2D eigenvalue weighted by atomic mass is 9.51. The maximum Gasteiger partial charge on any atom is 0.269 e. The fourth-order valence-electron chi connectivity index (χ4n) is 8.32. The first-order chi connectivity index (χ1) is 22.1. The number of phenolic OH excluding ortho intramolecular Hbond substituents is 1. The number of benzene rings is 3. The monoisotopic (exact) mass is 617 g/mol. The Hall–Kier alpha value is -5.38. The number of allylic oxidation sites excluding steroid dienone is 3. The normalized spacial score (nSPS) is 28.5. The van der Waals surface area contributed by atoms with Crippen molar-refractivity contribution in [2.45, 2.75) is 32.1 Å². The van der Waals surface area contributed by atoms with Crippen LogP contribution in [0.1, 0.15) is 36.8 Å². The van der Waals surface area contributed by atoms with Crippen LogP contribution >= 0.6 is 0 Å². The van der Waals surface area contributed by atoms with E-state index in [1.54, 1.807) is 61.5 Å². The van der Waals surface area contributed by atoms with E-state index in [4.69, 9.17) is 0 Å². The number of hydrogen-bond acceptors (Lipinski definition) is 7. The molecule has 46 heavy (non-hydrogen) atoms. The Bertz CT molecular complexity index is 1870. The molecule has 4 amide bonds. The highest BCUT2D eigenvalue weighted by atomic mass is 16.6. The van der Waals surface area contributed by atoms with Gasteiger partial charge in [0.25, 0.3) is 5.69 Å². The van der Waals surface area contributed by atoms with E-state index in [0.717, 1.165) is 10.5 Å². The van der Waals surface area contributed by atoms with E-state index in [9.17, 15) is 34.4 Å². The third-order valence-electron chi connectivity index (χ3n) is 10.4. The van der Waals surface area contributed by atoms with Gasteiger partial charge in [-0.15, -0.1) is 6.58 Å². The molecule has 232 valence electrons. The summed E-state index contributed by atoms with van der Waals surface area (Å²) in [5.41, 5.74) is 1.11. The predicted octanol–water partition coefficient (Wildman–Crippen LogP) is 5.46. The second-order valence-corrected chi connectivity index (χ2v) is 12.6. The van der Waals surface area contributed by atoms with Gasteiger partial charge in [0.05, 0.1) is 39.5 Å². The molecule has 3 aromatic carbocycles. The average molecular weight is 618 g/mol. The number of para-hydroxylation sites is 2. The summed E-state index contributed by atoms with van der Waals surface area (Å²) in [5, 5.41) is 22.8. The first kappa shape index (κ1) is 29.3. The molecule has 0 radical (unpaired) electrons. The molecular weight excluding hydrogens is 586 g/mol. The number of hydrogen-bond donors (Lipinski definition) is 1. The summed E-state index contributed by atoms with van der Waals surface area (Å²) < 4.78 is 0. The molecule has 1 N–H and O–H groups in total. The van der Waals surface area contributed by atoms with Crippen LogP contribution in [0.25, 0.3) is 0 Å². The number of rotatable bonds is 6. The summed E-state index contributed by atoms with van der Waals surface area (Å²) in [6, 6.07) is 19.4. The highest BCUT2D eigenvalue weighted by Crippen LogP contribution is 2.64. The molecule has 3 aromatic rings. The summed E-state index contributed by atoms with van der Waals surface area (Å²) in [6.45, 7) is 5.58. The van der Waals surface area contributed by atoms with Crippen LogP contribution in [0.15, 0.2) is 97.1 Å². The summed E-state index contributed by atoms with van der Waals surface area (Å²) in [5.74, 6) is -5.23. The molecule has 4 aliphatic rings. The molecule has 3 fully saturated rings. The molecule has 0 aromatic heterocycles. The third kappa shape index (κ3) is 4.02. The number of amides is 4. The summed E-state index contributed by atoms with van der Waals surface area (Å²) in [6.07, 6.45) is 4.40. The van der Waals surface area contributed by atoms with Gasteiger partial charge < -0.3 is 5.11 Å². The minimum atomic E-state index is -1.28. The van der Waals surface area contributed by atoms with Gasteiger partial charge in [-0.25, -0.2) is 4.90 Å². The van der Waals surface area contributed by atoms with Gasteiger partial charge >= 0.3 is 0 Å². The molecular formula is C36H31N3O7. The van der Waals surface area contributed by atoms with Crippen LogP contribution in [0, 0.1) is 39.2 Å². The minimum Gasteiger partial charge on any atom is -0.507 e. The number of nitro groups is 1. The molecule has 10 nitrogen and oxygen atoms in total. The average Bonchev–Trinajstić information content (AvgIpc) is 3.42. The molecule has 2 aliphatic heterocycles. The van der Waals surface area contributed by atoms with Gasteiger partial charge in [0.1, 0.15) is 5.75 Å². The van der Waals surface area contributed by atoms with Crippen LogP contribution < -0.4 is 9.80 Å². The zero-order chi connectivity index (χ0) is 32.5. The van der Waals surface area contributed by atoms with Gasteiger partial charge in [-0.2, -0.15) is 0 Å². The lowest BCUT2D eigenvalue weighted by molar-refractivity contribution is -0.384. The topological polar surface area (TPSA) is 138 Å². The predicted molar refractivity (Wildman–Crippen MR) is 169 cm³/mol. The number of carbonyl (C=O) groups is 4. The summed E-state index contributed by atoms with van der Waals surface area (Å²) in [4.78, 5) is 69.7. The SMILES string of the molecule is C=CCc1cccc([C@H]2C3=CC[C@@H]4C(=O)N(c5ccc([N+](=O)[O-])cc5)C(=O)[C@@H]4[C@@H]3C[C@H]3C(=O)N(c4ccccc4)C(=O)[C@@]23C)c1O. The van der Waals surface area contributed by atoms with Crippen LogP contribution in [0.2, 0.25) is 0 Å². The molecule has 0 unspecified atom stereocenters. The van der Waals surface area contributed by atoms with Gasteiger partial charge in [-0.05, 0) is 61.9 Å². The molecule has 7 rings (SSSR count). The van der Waals surface area contributed by atoms with Crippen LogP contribution in [-0.4, -0.2) is 33.7 Å². The second kappa shape index (κ2) is 10.6. The van der Waals surface area contributed by atoms with Crippen molar-refractivity contribution in [3.05, 3.63) is 118 Å². The molecule has 10 heteroatoms. The van der Waals surface area contributed by atoms with Gasteiger partial charge in [-0.1, -0.05) is 54.1 Å². The number of non-ortho nitro benzene ring substituents is 1. The van der Waals surface area contributed by atoms with Crippen molar-refractivity contribution in [2.75, 3.05) is 9.80 Å². The Morgan fingerprint density at radius 1 is 0.913 bits per heavy atom. The third-order valence-corrected chi connectivity index (χ3v) is 10.4. The zero-order valence-corrected chi connectivity index (χ0v) is 25.0. The lowest BCUT2D eigenvalue weighted by Crippen LogP contribution is -2.49. The van der Waals surface area contributed by atoms with Crippen LogP contribution in [0.4, 0.5) is 17.1 Å². The summed E-state index contributed by atoms with van der Waals surface area (Å²) >= 11 is 0. The maximum absolute atomic E-state index is 14.5. The van der Waals surface area contributed by atoms with Gasteiger partial charge in [0.15, 0.2) is 0 Å². The number of phenols is 1. The Labute approximate surface area is 264 Å². The number of fused-ring (bicyclic) bond motifs is 4. The standard InChI is InChI=1S/C36H31N3O7/c1-3-8-20-9-7-12-26(31(20)40)30-24-17-18-25-29(34(43)37(32(25)41)22-13-15-23(16-14-22)39(45)46)27(24)19-28-33(42)38(35(44)36(28,30)2)21-10-5-4-6-11-21/h3-7,9-17,25,27-30,40H,1,8,18-19H2,2H3/t25-,27+,28-,29-,30+,36+/m0/s1. The van der Waals surface area contributed by atoms with E-state index in [1.807, 2.05) is 6.08 Å². The quantitative estimate of drug-likeness (QED) is 0.168. The molecule has 0 spiro atoms. The maximum atomic E-state index is 14.5. The van der Waals surface area contributed by atoms with Crippen molar-refractivity contribution in [1.82, 2.24) is 0 Å². The molecule has 6 atom stereocenters. The Morgan fingerprint density at radius 3 is 2.28 bits per heavy atom. The van der Waals surface area contributed by atoms with Crippen molar-refractivity contribution in [3.8, 4) is 5.75 Å². The number of carbonyl (C=O) groups excluding carboxylic acids is 4. The largest absolute Gasteiger partial charge is 0.507 e. The number of aromatic hydroxyl groups is 1. The van der Waals surface area contributed by atoms with Crippen molar-refractivity contribution < 1.29 is 29.2 Å². The Balaban J connectivity index is 1.36. The summed E-state index contributed by atoms with van der Waals surface area (Å²) in [7, 11) is 0. The molecule has 2 heterocycles. The Morgan fingerprint density at radius 2 is 1.61 bits per heavy atom. The zero-order valence-electron chi connectivity index (χ0n) is 25.0. The van der Waals surface area contributed by atoms with E-state index in [2.05, 4.69) is 6.58 Å². The number of imide groups is 2. The lowest BCUT2D eigenvalue weighted by Gasteiger charge is -2.49. The number of nitrogens with zero attached hydrogens (tertiary/aromatic N) is 3. The van der Waals surface area contributed by atoms with Crippen molar-refractivity contribution >= 4 is 40.7 Å². The Kier molecular flexibility index (Phi) is 6.77. The van der Waals surface area contributed by atoms with Crippen LogP contribution in [-0.2, 0) is 25.6 Å². The van der Waals surface area contributed by atoms with E-state index >= 15 is 0 Å².